The SMILES string of the molecule is CCCCCCC(C)NC(=NC)NCc1ccc(OC)c(OC)c1OC. The lowest BCUT2D eigenvalue weighted by Crippen LogP contribution is -2.41. The van der Waals surface area contributed by atoms with Gasteiger partial charge in [-0.2, -0.15) is 0 Å². The Kier molecular flexibility index (Phi) is 10.4. The van der Waals surface area contributed by atoms with Crippen LogP contribution in [-0.2, 0) is 6.54 Å². The van der Waals surface area contributed by atoms with Gasteiger partial charge in [0.05, 0.1) is 21.3 Å². The first-order valence-corrected chi connectivity index (χ1v) is 9.36. The molecule has 0 fully saturated rings. The van der Waals surface area contributed by atoms with Gasteiger partial charge < -0.3 is 24.8 Å². The van der Waals surface area contributed by atoms with Crippen molar-refractivity contribution in [1.82, 2.24) is 10.6 Å². The monoisotopic (exact) mass is 365 g/mol. The fourth-order valence-corrected chi connectivity index (χ4v) is 2.86. The largest absolute Gasteiger partial charge is 0.493 e. The number of hydrogen-bond acceptors (Lipinski definition) is 4. The van der Waals surface area contributed by atoms with Gasteiger partial charge in [-0.05, 0) is 25.5 Å². The van der Waals surface area contributed by atoms with E-state index in [9.17, 15) is 0 Å². The number of methoxy groups -OCH3 is 3. The first kappa shape index (κ1) is 21.9. The summed E-state index contributed by atoms with van der Waals surface area (Å²) < 4.78 is 16.3. The lowest BCUT2D eigenvalue weighted by atomic mass is 10.1. The van der Waals surface area contributed by atoms with Crippen LogP contribution in [0.25, 0.3) is 0 Å². The van der Waals surface area contributed by atoms with Gasteiger partial charge in [0.2, 0.25) is 5.75 Å². The second kappa shape index (κ2) is 12.3. The van der Waals surface area contributed by atoms with Gasteiger partial charge in [0.1, 0.15) is 0 Å². The molecule has 26 heavy (non-hydrogen) atoms. The third kappa shape index (κ3) is 6.65. The van der Waals surface area contributed by atoms with Crippen LogP contribution in [0.5, 0.6) is 17.2 Å². The number of benzene rings is 1. The zero-order valence-corrected chi connectivity index (χ0v) is 17.1. The molecule has 1 aromatic rings. The molecule has 6 heteroatoms. The van der Waals surface area contributed by atoms with Crippen molar-refractivity contribution in [2.24, 2.45) is 4.99 Å². The van der Waals surface area contributed by atoms with Gasteiger partial charge in [0.25, 0.3) is 0 Å². The summed E-state index contributed by atoms with van der Waals surface area (Å²) in [5.74, 6) is 2.70. The number of nitrogens with zero attached hydrogens (tertiary/aromatic N) is 1. The molecule has 2 N–H and O–H groups in total. The Morgan fingerprint density at radius 3 is 2.35 bits per heavy atom. The van der Waals surface area contributed by atoms with Crippen molar-refractivity contribution < 1.29 is 14.2 Å². The van der Waals surface area contributed by atoms with Crippen LogP contribution < -0.4 is 24.8 Å². The molecule has 0 aliphatic rings. The summed E-state index contributed by atoms with van der Waals surface area (Å²) in [6, 6.07) is 4.23. The van der Waals surface area contributed by atoms with Crippen LogP contribution in [0, 0.1) is 0 Å². The van der Waals surface area contributed by atoms with Crippen molar-refractivity contribution >= 4 is 5.96 Å². The molecule has 1 atom stereocenters. The molecule has 0 aliphatic heterocycles. The highest BCUT2D eigenvalue weighted by Crippen LogP contribution is 2.39. The second-order valence-corrected chi connectivity index (χ2v) is 6.31. The summed E-state index contributed by atoms with van der Waals surface area (Å²) in [5.41, 5.74) is 0.976. The minimum Gasteiger partial charge on any atom is -0.493 e. The van der Waals surface area contributed by atoms with E-state index in [4.69, 9.17) is 14.2 Å². The topological polar surface area (TPSA) is 64.1 Å². The Bertz CT molecular complexity index is 561. The minimum absolute atomic E-state index is 0.380. The van der Waals surface area contributed by atoms with Crippen molar-refractivity contribution in [3.63, 3.8) is 0 Å². The number of unbranched alkanes of at least 4 members (excludes halogenated alkanes) is 3. The molecule has 0 saturated carbocycles. The summed E-state index contributed by atoms with van der Waals surface area (Å²) in [5, 5.41) is 6.79. The maximum Gasteiger partial charge on any atom is 0.203 e. The molecule has 0 aromatic heterocycles. The zero-order valence-electron chi connectivity index (χ0n) is 17.1. The van der Waals surface area contributed by atoms with Crippen LogP contribution in [0.4, 0.5) is 0 Å². The van der Waals surface area contributed by atoms with Crippen LogP contribution in [0.3, 0.4) is 0 Å². The Hall–Kier alpha value is -2.11. The average Bonchev–Trinajstić information content (AvgIpc) is 2.67. The fraction of sp³-hybridized carbons (Fsp3) is 0.650. The van der Waals surface area contributed by atoms with E-state index < -0.39 is 0 Å². The third-order valence-electron chi connectivity index (χ3n) is 4.33. The normalized spacial score (nSPS) is 12.5. The predicted octanol–water partition coefficient (Wildman–Crippen LogP) is 3.74. The molecule has 1 rings (SSSR count). The van der Waals surface area contributed by atoms with Crippen molar-refractivity contribution in [3.8, 4) is 17.2 Å². The summed E-state index contributed by atoms with van der Waals surface area (Å²) in [4.78, 5) is 4.32. The highest BCUT2D eigenvalue weighted by atomic mass is 16.5. The molecule has 0 bridgehead atoms. The lowest BCUT2D eigenvalue weighted by molar-refractivity contribution is 0.322. The molecule has 0 spiro atoms. The summed E-state index contributed by atoms with van der Waals surface area (Å²) in [7, 11) is 6.64. The van der Waals surface area contributed by atoms with Crippen LogP contribution >= 0.6 is 0 Å². The van der Waals surface area contributed by atoms with Gasteiger partial charge in [-0.1, -0.05) is 32.6 Å². The van der Waals surface area contributed by atoms with Gasteiger partial charge in [-0.15, -0.1) is 0 Å². The van der Waals surface area contributed by atoms with Crippen LogP contribution in [0.1, 0.15) is 51.5 Å². The molecule has 0 saturated heterocycles. The first-order valence-electron chi connectivity index (χ1n) is 9.36. The molecule has 1 unspecified atom stereocenters. The molecule has 0 radical (unpaired) electrons. The molecule has 1 aromatic carbocycles. The highest BCUT2D eigenvalue weighted by Gasteiger charge is 2.16. The van der Waals surface area contributed by atoms with E-state index in [1.165, 1.54) is 25.7 Å². The van der Waals surface area contributed by atoms with Crippen LogP contribution in [0.15, 0.2) is 17.1 Å². The van der Waals surface area contributed by atoms with E-state index >= 15 is 0 Å². The van der Waals surface area contributed by atoms with E-state index in [1.807, 2.05) is 12.1 Å². The van der Waals surface area contributed by atoms with Crippen LogP contribution in [0.2, 0.25) is 0 Å². The molecular formula is C20H35N3O3. The number of hydrogen-bond donors (Lipinski definition) is 2. The maximum absolute atomic E-state index is 5.53. The number of ether oxygens (including phenoxy) is 3. The van der Waals surface area contributed by atoms with Crippen molar-refractivity contribution in [3.05, 3.63) is 17.7 Å². The standard InChI is InChI=1S/C20H35N3O3/c1-7-8-9-10-11-15(2)23-20(21-3)22-14-16-12-13-17(24-4)19(26-6)18(16)25-5/h12-13,15H,7-11,14H2,1-6H3,(H2,21,22,23). The molecule has 148 valence electrons. The van der Waals surface area contributed by atoms with Crippen molar-refractivity contribution in [2.45, 2.75) is 58.5 Å². The third-order valence-corrected chi connectivity index (χ3v) is 4.33. The van der Waals surface area contributed by atoms with Crippen LogP contribution in [-0.4, -0.2) is 40.4 Å². The number of rotatable bonds is 11. The number of nitrogens with one attached hydrogen (secondary N) is 2. The van der Waals surface area contributed by atoms with Gasteiger partial charge in [-0.25, -0.2) is 0 Å². The second-order valence-electron chi connectivity index (χ2n) is 6.31. The molecule has 6 nitrogen and oxygen atoms in total. The smallest absolute Gasteiger partial charge is 0.203 e. The van der Waals surface area contributed by atoms with Gasteiger partial charge in [-0.3, -0.25) is 4.99 Å². The zero-order chi connectivity index (χ0) is 19.4. The molecule has 0 heterocycles. The van der Waals surface area contributed by atoms with E-state index in [1.54, 1.807) is 28.4 Å². The maximum atomic E-state index is 5.53. The predicted molar refractivity (Wildman–Crippen MR) is 108 cm³/mol. The minimum atomic E-state index is 0.380. The molecular weight excluding hydrogens is 330 g/mol. The summed E-state index contributed by atoms with van der Waals surface area (Å²) in [6.07, 6.45) is 6.23. The number of aliphatic imine (C=N–C) groups is 1. The van der Waals surface area contributed by atoms with Crippen molar-refractivity contribution in [2.75, 3.05) is 28.4 Å². The Morgan fingerprint density at radius 1 is 1.04 bits per heavy atom. The Morgan fingerprint density at radius 2 is 1.77 bits per heavy atom. The summed E-state index contributed by atoms with van der Waals surface area (Å²) >= 11 is 0. The summed E-state index contributed by atoms with van der Waals surface area (Å²) in [6.45, 7) is 5.00. The van der Waals surface area contributed by atoms with E-state index in [0.717, 1.165) is 17.9 Å². The Balaban J connectivity index is 2.66. The van der Waals surface area contributed by atoms with Gasteiger partial charge in [0, 0.05) is 25.2 Å². The highest BCUT2D eigenvalue weighted by molar-refractivity contribution is 5.80. The van der Waals surface area contributed by atoms with Crippen molar-refractivity contribution in [1.29, 1.82) is 0 Å². The lowest BCUT2D eigenvalue weighted by Gasteiger charge is -2.19. The fourth-order valence-electron chi connectivity index (χ4n) is 2.86. The van der Waals surface area contributed by atoms with E-state index in [0.29, 0.717) is 29.8 Å². The van der Waals surface area contributed by atoms with Gasteiger partial charge >= 0.3 is 0 Å². The first-order chi connectivity index (χ1) is 12.6. The molecule has 0 aliphatic carbocycles. The van der Waals surface area contributed by atoms with Gasteiger partial charge in [0.15, 0.2) is 17.5 Å². The van der Waals surface area contributed by atoms with E-state index in [-0.39, 0.29) is 0 Å². The molecule has 0 amide bonds. The van der Waals surface area contributed by atoms with E-state index in [2.05, 4.69) is 29.5 Å². The number of guanidine groups is 1. The quantitative estimate of drug-likeness (QED) is 0.355. The Labute approximate surface area is 158 Å². The average molecular weight is 366 g/mol.